The molecule has 624 valence electrons. The summed E-state index contributed by atoms with van der Waals surface area (Å²) in [4.78, 5) is 161. The molecule has 0 aromatic rings. The van der Waals surface area contributed by atoms with Crippen LogP contribution in [0.4, 0.5) is 0 Å². The van der Waals surface area contributed by atoms with Crippen molar-refractivity contribution in [3.05, 3.63) is 70.4 Å². The van der Waals surface area contributed by atoms with Crippen molar-refractivity contribution in [1.29, 1.82) is 0 Å². The first-order chi connectivity index (χ1) is 53.0. The number of esters is 5. The lowest BCUT2D eigenvalue weighted by atomic mass is 9.50. The standard InChI is InChI=1S/C87H129N3O22/c1-51-27-20-19-21-28-52(2)66(105-15)46-61-35-32-57(7)87(103,112-61)81(99)82(100)90-42-25-24-29-64(90)84(102)109-67(47-65(92)53(3)44-56(6)77(96)80(106-16)76(95)55(5)43-51)54(4)45-59-33-36-60(37-34-59)108-71(93)30-22-17-18-23-31-72(94)110-69-39-38-63-73-75(68(107-58(8)91)48-85(63,69)9)86(10)70(50-104-14)111-83(101)62(74(86)79(98)78(73)97)49-89(13)41-26-40-88(11)12/h19-21,27-28,38,44,51,54-57,59-62,64,66-70,74,77,80,96,103H,17-18,22-26,29-37,39-43,45-50H2,1-16H3/t51-,54-,55-,56?,57-,59?,60?,61+,62?,64+,66+,67+,68-,69+,70-,74?,77-,80+,85+,86+,87-/m1/s1. The van der Waals surface area contributed by atoms with Gasteiger partial charge in [-0.1, -0.05) is 104 Å². The number of carbonyl (C=O) groups excluding carboxylic acids is 11. The molecule has 2 bridgehead atoms. The summed E-state index contributed by atoms with van der Waals surface area (Å²) in [7, 11) is 10.2. The quantitative estimate of drug-likeness (QED) is 0.0415. The van der Waals surface area contributed by atoms with E-state index in [2.05, 4.69) is 4.90 Å². The molecule has 112 heavy (non-hydrogen) atoms. The Labute approximate surface area is 663 Å². The molecule has 1 saturated carbocycles. The number of rotatable bonds is 23. The van der Waals surface area contributed by atoms with E-state index in [0.29, 0.717) is 108 Å². The number of allylic oxidation sites excluding steroid dienone is 7. The molecule has 3 unspecified atom stereocenters. The Balaban J connectivity index is 0.865. The van der Waals surface area contributed by atoms with Gasteiger partial charge in [0.05, 0.1) is 36.8 Å². The van der Waals surface area contributed by atoms with Gasteiger partial charge in [-0.3, -0.25) is 47.9 Å². The van der Waals surface area contributed by atoms with Crippen LogP contribution in [0, 0.1) is 58.2 Å². The number of ketones is 5. The van der Waals surface area contributed by atoms with Crippen molar-refractivity contribution in [1.82, 2.24) is 14.7 Å². The fourth-order valence-corrected chi connectivity index (χ4v) is 18.8. The van der Waals surface area contributed by atoms with Crippen LogP contribution < -0.4 is 0 Å². The predicted molar refractivity (Wildman–Crippen MR) is 416 cm³/mol. The first kappa shape index (κ1) is 90.8. The number of ether oxygens (including phenoxy) is 9. The lowest BCUT2D eigenvalue weighted by molar-refractivity contribution is -0.265. The molecule has 1 amide bonds. The van der Waals surface area contributed by atoms with Gasteiger partial charge in [0.25, 0.3) is 11.7 Å². The van der Waals surface area contributed by atoms with Gasteiger partial charge >= 0.3 is 29.8 Å². The molecular formula is C87H129N3O22. The summed E-state index contributed by atoms with van der Waals surface area (Å²) in [6.07, 6.45) is 14.5. The number of methoxy groups -OCH3 is 3. The van der Waals surface area contributed by atoms with E-state index in [1.807, 2.05) is 90.2 Å². The highest BCUT2D eigenvalue weighted by Crippen LogP contribution is 2.62. The number of unbranched alkanes of at least 4 members (excludes halogenated alkanes) is 3. The molecule has 8 rings (SSSR count). The van der Waals surface area contributed by atoms with E-state index in [0.717, 1.165) is 18.5 Å². The summed E-state index contributed by atoms with van der Waals surface area (Å²) in [5.74, 6) is -14.1. The number of hydrogen-bond acceptors (Lipinski definition) is 24. The summed E-state index contributed by atoms with van der Waals surface area (Å²) >= 11 is 0. The molecule has 4 aliphatic heterocycles. The van der Waals surface area contributed by atoms with Crippen molar-refractivity contribution in [2.45, 2.75) is 277 Å². The number of hydrogen-bond donors (Lipinski definition) is 2. The van der Waals surface area contributed by atoms with Crippen molar-refractivity contribution in [2.24, 2.45) is 58.2 Å². The molecule has 4 aliphatic carbocycles. The van der Waals surface area contributed by atoms with E-state index >= 15 is 0 Å². The van der Waals surface area contributed by atoms with E-state index in [-0.39, 0.29) is 111 Å². The maximum absolute atomic E-state index is 14.8. The molecule has 0 aromatic heterocycles. The Hall–Kier alpha value is -6.71. The number of cyclic esters (lactones) is 2. The second-order valence-electron chi connectivity index (χ2n) is 34.3. The van der Waals surface area contributed by atoms with Gasteiger partial charge < -0.3 is 67.5 Å². The summed E-state index contributed by atoms with van der Waals surface area (Å²) < 4.78 is 54.3. The van der Waals surface area contributed by atoms with Crippen LogP contribution in [-0.4, -0.2) is 232 Å². The molecule has 0 aromatic carbocycles. The van der Waals surface area contributed by atoms with E-state index in [9.17, 15) is 63.0 Å². The SMILES string of the molecule is COC[C@H]1OC(=O)C(CN(C)CCCN(C)C)C2C(=O)C(=O)C3=C([C@H](OC(C)=O)C[C@@]4(C)C3=CC[C@@H]4OC(=O)CCCCCCC(=O)OC3CCC(C[C@@H](C)[C@@H]4CC(=O)C(C)=CC(C)[C@@H](O)[C@@H](OC)C(=O)[C@H](C)C[C@H](C)C=CC=CC=C(C)[C@@H](OC)C[C@@H]5CC[C@@H](C)[C@@](O)(O5)C(=O)C(=O)N5CCCC[C@H]5C(=O)O4)CC3)[C@]21C. The third kappa shape index (κ3) is 21.9. The van der Waals surface area contributed by atoms with Crippen LogP contribution in [0.3, 0.4) is 0 Å². The second kappa shape index (κ2) is 40.7. The molecule has 8 aliphatic rings. The first-order valence-electron chi connectivity index (χ1n) is 41.1. The lowest BCUT2D eigenvalue weighted by Crippen LogP contribution is -2.65. The molecular weight excluding hydrogens is 1440 g/mol. The molecule has 3 saturated heterocycles. The van der Waals surface area contributed by atoms with Crippen molar-refractivity contribution in [3.63, 3.8) is 0 Å². The maximum Gasteiger partial charge on any atom is 0.329 e. The first-order valence-corrected chi connectivity index (χ1v) is 41.1. The maximum atomic E-state index is 14.8. The van der Waals surface area contributed by atoms with Gasteiger partial charge in [0.1, 0.15) is 42.7 Å². The molecule has 25 nitrogen and oxygen atoms in total. The number of piperidine rings is 1. The number of nitrogens with zero attached hydrogens (tertiary/aromatic N) is 3. The topological polar surface area (TPSA) is 321 Å². The Morgan fingerprint density at radius 3 is 2.11 bits per heavy atom. The van der Waals surface area contributed by atoms with Gasteiger partial charge in [0.15, 0.2) is 11.6 Å². The average molecular weight is 1570 g/mol. The monoisotopic (exact) mass is 1570 g/mol. The molecule has 0 radical (unpaired) electrons. The van der Waals surface area contributed by atoms with Crippen LogP contribution in [0.1, 0.15) is 210 Å². The molecule has 2 N–H and O–H groups in total. The fraction of sp³-hybridized carbons (Fsp3) is 0.736. The zero-order valence-electron chi connectivity index (χ0n) is 69.4. The zero-order chi connectivity index (χ0) is 82.3. The van der Waals surface area contributed by atoms with Crippen molar-refractivity contribution < 1.29 is 106 Å². The zero-order valence-corrected chi connectivity index (χ0v) is 69.4. The highest BCUT2D eigenvalue weighted by Gasteiger charge is 2.68. The summed E-state index contributed by atoms with van der Waals surface area (Å²) in [5.41, 5.74) is -0.151. The van der Waals surface area contributed by atoms with E-state index < -0.39 is 154 Å². The van der Waals surface area contributed by atoms with Crippen LogP contribution >= 0.6 is 0 Å². The minimum atomic E-state index is -2.49. The predicted octanol–water partition coefficient (Wildman–Crippen LogP) is 10.2. The Kier molecular flexibility index (Phi) is 33.0. The summed E-state index contributed by atoms with van der Waals surface area (Å²) in [6.45, 7) is 19.1. The second-order valence-corrected chi connectivity index (χ2v) is 34.3. The smallest absolute Gasteiger partial charge is 0.329 e. The van der Waals surface area contributed by atoms with Crippen LogP contribution in [0.25, 0.3) is 0 Å². The average Bonchev–Trinajstić information content (AvgIpc) is 1.20. The normalized spacial score (nSPS) is 34.7. The van der Waals surface area contributed by atoms with Gasteiger partial charge in [0.2, 0.25) is 17.4 Å². The number of amides is 1. The van der Waals surface area contributed by atoms with Crippen LogP contribution in [0.5, 0.6) is 0 Å². The highest BCUT2D eigenvalue weighted by molar-refractivity contribution is 6.47. The Morgan fingerprint density at radius 2 is 1.46 bits per heavy atom. The minimum absolute atomic E-state index is 0.0202. The fourth-order valence-electron chi connectivity index (χ4n) is 18.8. The number of carbonyl (C=O) groups is 11. The van der Waals surface area contributed by atoms with Crippen molar-refractivity contribution >= 4 is 64.7 Å². The minimum Gasteiger partial charge on any atom is -0.462 e. The number of fused-ring (bicyclic) bond motifs is 7. The van der Waals surface area contributed by atoms with Crippen molar-refractivity contribution in [2.75, 3.05) is 75.3 Å². The molecule has 25 heteroatoms. The van der Waals surface area contributed by atoms with Crippen LogP contribution in [0.2, 0.25) is 0 Å². The van der Waals surface area contributed by atoms with Gasteiger partial charge in [-0.2, -0.15) is 0 Å². The van der Waals surface area contributed by atoms with E-state index in [4.69, 9.17) is 42.6 Å². The third-order valence-corrected chi connectivity index (χ3v) is 25.4. The largest absolute Gasteiger partial charge is 0.462 e. The molecule has 4 fully saturated rings. The Bertz CT molecular complexity index is 3580. The number of aliphatic hydroxyl groups excluding tert-OH is 1. The number of Topliss-reactive ketones (excluding diaryl/α,β-unsaturated/α-hetero) is 5. The van der Waals surface area contributed by atoms with Crippen LogP contribution in [-0.2, 0) is 95.4 Å². The number of aliphatic hydroxyl groups is 2. The van der Waals surface area contributed by atoms with E-state index in [1.54, 1.807) is 47.8 Å². The third-order valence-electron chi connectivity index (χ3n) is 25.4. The van der Waals surface area contributed by atoms with Gasteiger partial charge in [-0.25, -0.2) is 4.79 Å². The lowest BCUT2D eigenvalue weighted by Gasteiger charge is -2.56. The van der Waals surface area contributed by atoms with Crippen LogP contribution in [0.15, 0.2) is 70.4 Å². The Morgan fingerprint density at radius 1 is 0.768 bits per heavy atom. The molecule has 4 heterocycles. The highest BCUT2D eigenvalue weighted by atomic mass is 16.6. The van der Waals surface area contributed by atoms with Gasteiger partial charge in [-0.05, 0) is 178 Å². The van der Waals surface area contributed by atoms with Gasteiger partial charge in [0, 0.05) is 114 Å². The molecule has 19 atom stereocenters. The molecule has 0 spiro atoms. The summed E-state index contributed by atoms with van der Waals surface area (Å²) in [6, 6.07) is -1.21. The van der Waals surface area contributed by atoms with Crippen molar-refractivity contribution in [3.8, 4) is 0 Å². The summed E-state index contributed by atoms with van der Waals surface area (Å²) in [5, 5.41) is 23.8. The van der Waals surface area contributed by atoms with Gasteiger partial charge in [-0.15, -0.1) is 0 Å². The van der Waals surface area contributed by atoms with E-state index in [1.165, 1.54) is 26.0 Å².